The van der Waals surface area contributed by atoms with Crippen molar-refractivity contribution in [2.45, 2.75) is 71.5 Å². The fourth-order valence-electron chi connectivity index (χ4n) is 7.61. The predicted octanol–water partition coefficient (Wildman–Crippen LogP) is 6.18. The van der Waals surface area contributed by atoms with Gasteiger partial charge >= 0.3 is 6.61 Å². The molecule has 0 radical (unpaired) electrons. The van der Waals surface area contributed by atoms with Gasteiger partial charge in [-0.25, -0.2) is 0 Å². The Balaban J connectivity index is 1.43. The van der Waals surface area contributed by atoms with Gasteiger partial charge in [0.1, 0.15) is 0 Å². The summed E-state index contributed by atoms with van der Waals surface area (Å²) in [5.41, 5.74) is 2.77. The van der Waals surface area contributed by atoms with Crippen molar-refractivity contribution in [3.05, 3.63) is 41.0 Å². The highest BCUT2D eigenvalue weighted by molar-refractivity contribution is 6.06. The Hall–Kier alpha value is -2.21. The number of ether oxygens (including phenoxy) is 2. The number of carbonyl (C=O) groups excluding carboxylic acids is 1. The van der Waals surface area contributed by atoms with Crippen molar-refractivity contribution in [3.63, 3.8) is 0 Å². The molecule has 6 atom stereocenters. The molecule has 6 heteroatoms. The summed E-state index contributed by atoms with van der Waals surface area (Å²) in [4.78, 5) is 13.6. The van der Waals surface area contributed by atoms with Crippen LogP contribution in [0.5, 0.6) is 11.5 Å². The van der Waals surface area contributed by atoms with E-state index in [9.17, 15) is 18.7 Å². The number of halogens is 2. The minimum Gasteiger partial charge on any atom is -0.493 e. The lowest BCUT2D eigenvalue weighted by atomic mass is 9.48. The zero-order valence-corrected chi connectivity index (χ0v) is 20.2. The Morgan fingerprint density at radius 1 is 1.09 bits per heavy atom. The SMILES string of the molecule is COc1cc(/C=C2\CC3C4CC=C5CC(O)CCC5(C)C4CCC3(C)C2=O)ccc1OC(F)F. The topological polar surface area (TPSA) is 55.8 Å². The highest BCUT2D eigenvalue weighted by Crippen LogP contribution is 2.64. The molecule has 4 nitrogen and oxygen atoms in total. The van der Waals surface area contributed by atoms with Crippen LogP contribution in [0.4, 0.5) is 8.78 Å². The van der Waals surface area contributed by atoms with E-state index in [4.69, 9.17) is 4.74 Å². The first kappa shape index (κ1) is 23.5. The number of hydrogen-bond acceptors (Lipinski definition) is 4. The molecule has 1 aromatic rings. The van der Waals surface area contributed by atoms with Gasteiger partial charge in [0, 0.05) is 5.41 Å². The number of ketones is 1. The number of alkyl halides is 2. The number of allylic oxidation sites excluding steroid dienone is 2. The third kappa shape index (κ3) is 3.69. The summed E-state index contributed by atoms with van der Waals surface area (Å²) in [5.74, 6) is 1.75. The smallest absolute Gasteiger partial charge is 0.387 e. The van der Waals surface area contributed by atoms with E-state index >= 15 is 0 Å². The molecule has 4 aliphatic carbocycles. The van der Waals surface area contributed by atoms with Crippen LogP contribution in [0.25, 0.3) is 6.08 Å². The van der Waals surface area contributed by atoms with Crippen molar-refractivity contribution in [1.82, 2.24) is 0 Å². The van der Waals surface area contributed by atoms with Crippen molar-refractivity contribution in [1.29, 1.82) is 0 Å². The summed E-state index contributed by atoms with van der Waals surface area (Å²) in [6, 6.07) is 4.81. The van der Waals surface area contributed by atoms with Crippen LogP contribution in [0.2, 0.25) is 0 Å². The highest BCUT2D eigenvalue weighted by Gasteiger charge is 2.59. The van der Waals surface area contributed by atoms with E-state index in [1.165, 1.54) is 18.7 Å². The first-order valence-electron chi connectivity index (χ1n) is 12.4. The first-order valence-corrected chi connectivity index (χ1v) is 12.4. The third-order valence-corrected chi connectivity index (χ3v) is 9.46. The maximum Gasteiger partial charge on any atom is 0.387 e. The molecule has 3 saturated carbocycles. The molecular formula is C28H34F2O4. The Labute approximate surface area is 200 Å². The molecule has 1 aromatic carbocycles. The number of hydrogen-bond donors (Lipinski definition) is 1. The largest absolute Gasteiger partial charge is 0.493 e. The summed E-state index contributed by atoms with van der Waals surface area (Å²) >= 11 is 0. The van der Waals surface area contributed by atoms with Crippen molar-refractivity contribution < 1.29 is 28.2 Å². The Bertz CT molecular complexity index is 1050. The standard InChI is InChI=1S/C28H34F2O4/c1-27-10-8-19(31)15-18(27)5-6-20-21(27)9-11-28(2)22(20)14-17(25(28)32)12-16-4-7-23(34-26(29)30)24(13-16)33-3/h4-5,7,12-13,19-22,26,31H,6,8-11,14-15H2,1-3H3/b17-12+. The van der Waals surface area contributed by atoms with Gasteiger partial charge in [0.25, 0.3) is 0 Å². The Kier molecular flexibility index (Phi) is 5.86. The second-order valence-electron chi connectivity index (χ2n) is 11.1. The maximum atomic E-state index is 13.6. The normalized spacial score (nSPS) is 38.3. The molecule has 5 rings (SSSR count). The lowest BCUT2D eigenvalue weighted by Gasteiger charge is -2.56. The van der Waals surface area contributed by atoms with Gasteiger partial charge in [0.2, 0.25) is 0 Å². The van der Waals surface area contributed by atoms with Gasteiger partial charge in [-0.1, -0.05) is 31.6 Å². The predicted molar refractivity (Wildman–Crippen MR) is 126 cm³/mol. The zero-order valence-electron chi connectivity index (χ0n) is 20.2. The second kappa shape index (κ2) is 8.47. The van der Waals surface area contributed by atoms with Crippen LogP contribution in [0.15, 0.2) is 35.4 Å². The van der Waals surface area contributed by atoms with Crippen molar-refractivity contribution in [2.24, 2.45) is 28.6 Å². The van der Waals surface area contributed by atoms with E-state index in [2.05, 4.69) is 24.7 Å². The molecule has 0 aromatic heterocycles. The summed E-state index contributed by atoms with van der Waals surface area (Å²) in [6.07, 6.45) is 10.4. The number of fused-ring (bicyclic) bond motifs is 5. The van der Waals surface area contributed by atoms with E-state index in [1.807, 2.05) is 6.08 Å². The van der Waals surface area contributed by atoms with Gasteiger partial charge in [-0.2, -0.15) is 8.78 Å². The van der Waals surface area contributed by atoms with Crippen LogP contribution >= 0.6 is 0 Å². The lowest BCUT2D eigenvalue weighted by Crippen LogP contribution is -2.50. The van der Waals surface area contributed by atoms with E-state index in [-0.39, 0.29) is 34.2 Å². The molecule has 6 unspecified atom stereocenters. The van der Waals surface area contributed by atoms with Crippen LogP contribution in [0.3, 0.4) is 0 Å². The van der Waals surface area contributed by atoms with E-state index < -0.39 is 6.61 Å². The molecule has 1 N–H and O–H groups in total. The van der Waals surface area contributed by atoms with Gasteiger partial charge in [-0.3, -0.25) is 4.79 Å². The summed E-state index contributed by atoms with van der Waals surface area (Å²) < 4.78 is 35.1. The summed E-state index contributed by atoms with van der Waals surface area (Å²) in [5, 5.41) is 10.2. The summed E-state index contributed by atoms with van der Waals surface area (Å²) in [6.45, 7) is 1.60. The molecule has 0 aliphatic heterocycles. The minimum absolute atomic E-state index is 0.0171. The van der Waals surface area contributed by atoms with Crippen molar-refractivity contribution in [3.8, 4) is 11.5 Å². The van der Waals surface area contributed by atoms with Gasteiger partial charge in [0.05, 0.1) is 13.2 Å². The Morgan fingerprint density at radius 2 is 1.85 bits per heavy atom. The maximum absolute atomic E-state index is 13.6. The number of methoxy groups -OCH3 is 1. The molecule has 0 bridgehead atoms. The molecule has 0 spiro atoms. The van der Waals surface area contributed by atoms with Crippen LogP contribution in [-0.2, 0) is 4.79 Å². The van der Waals surface area contributed by atoms with Gasteiger partial charge < -0.3 is 14.6 Å². The fraction of sp³-hybridized carbons (Fsp3) is 0.607. The third-order valence-electron chi connectivity index (χ3n) is 9.46. The average Bonchev–Trinajstić information content (AvgIpc) is 3.05. The van der Waals surface area contributed by atoms with Gasteiger partial charge in [-0.15, -0.1) is 0 Å². The monoisotopic (exact) mass is 472 g/mol. The molecular weight excluding hydrogens is 438 g/mol. The molecule has 184 valence electrons. The van der Waals surface area contributed by atoms with Crippen LogP contribution in [0, 0.1) is 28.6 Å². The van der Waals surface area contributed by atoms with Crippen LogP contribution < -0.4 is 9.47 Å². The molecule has 0 amide bonds. The number of aliphatic hydroxyl groups excluding tert-OH is 1. The van der Waals surface area contributed by atoms with Crippen LogP contribution in [0.1, 0.15) is 64.4 Å². The molecule has 4 aliphatic rings. The molecule has 0 heterocycles. The van der Waals surface area contributed by atoms with E-state index in [1.54, 1.807) is 12.1 Å². The molecule has 3 fully saturated rings. The van der Waals surface area contributed by atoms with Crippen LogP contribution in [-0.4, -0.2) is 30.7 Å². The first-order chi connectivity index (χ1) is 16.2. The van der Waals surface area contributed by atoms with Crippen molar-refractivity contribution in [2.75, 3.05) is 7.11 Å². The number of carbonyl (C=O) groups is 1. The highest BCUT2D eigenvalue weighted by atomic mass is 19.3. The quantitative estimate of drug-likeness (QED) is 0.420. The van der Waals surface area contributed by atoms with E-state index in [0.717, 1.165) is 56.1 Å². The number of aliphatic hydroxyl groups is 1. The van der Waals surface area contributed by atoms with E-state index in [0.29, 0.717) is 17.8 Å². The summed E-state index contributed by atoms with van der Waals surface area (Å²) in [7, 11) is 1.41. The number of Topliss-reactive ketones (excluding diaryl/α,β-unsaturated/α-hetero) is 1. The lowest BCUT2D eigenvalue weighted by molar-refractivity contribution is -0.130. The zero-order chi connectivity index (χ0) is 24.3. The average molecular weight is 473 g/mol. The molecule has 34 heavy (non-hydrogen) atoms. The second-order valence-corrected chi connectivity index (χ2v) is 11.1. The fourth-order valence-corrected chi connectivity index (χ4v) is 7.61. The minimum atomic E-state index is -2.93. The molecule has 0 saturated heterocycles. The Morgan fingerprint density at radius 3 is 2.59 bits per heavy atom. The van der Waals surface area contributed by atoms with Crippen molar-refractivity contribution >= 4 is 11.9 Å². The van der Waals surface area contributed by atoms with Gasteiger partial charge in [0.15, 0.2) is 17.3 Å². The number of benzene rings is 1. The number of rotatable bonds is 4. The van der Waals surface area contributed by atoms with Gasteiger partial charge in [-0.05, 0) is 97.5 Å².